The summed E-state index contributed by atoms with van der Waals surface area (Å²) in [6.45, 7) is 3.82. The Hall–Kier alpha value is -0.120. The van der Waals surface area contributed by atoms with Gasteiger partial charge in [-0.3, -0.25) is 0 Å². The minimum Gasteiger partial charge on any atom is -0.353 e. The van der Waals surface area contributed by atoms with Crippen molar-refractivity contribution >= 4 is 0 Å². The average Bonchev–Trinajstić information content (AvgIpc) is 2.40. The summed E-state index contributed by atoms with van der Waals surface area (Å²) in [7, 11) is 0. The molecule has 0 amide bonds. The second-order valence-electron chi connectivity index (χ2n) is 5.33. The molecule has 1 saturated heterocycles. The van der Waals surface area contributed by atoms with Gasteiger partial charge in [0, 0.05) is 6.61 Å². The lowest BCUT2D eigenvalue weighted by molar-refractivity contribution is -0.190. The third kappa shape index (κ3) is 7.34. The zero-order chi connectivity index (χ0) is 13.1. The predicted molar refractivity (Wildman–Crippen MR) is 75.5 cm³/mol. The minimum absolute atomic E-state index is 0.0333. The van der Waals surface area contributed by atoms with Crippen LogP contribution in [0.1, 0.15) is 71.1 Å². The SMILES string of the molecule is CCCCCCCC(CCN)OC1CCCCO1. The summed E-state index contributed by atoms with van der Waals surface area (Å²) in [5, 5.41) is 0. The molecule has 3 heteroatoms. The molecule has 0 aliphatic carbocycles. The fourth-order valence-corrected chi connectivity index (χ4v) is 2.48. The molecule has 0 aromatic heterocycles. The molecule has 0 spiro atoms. The van der Waals surface area contributed by atoms with Crippen LogP contribution < -0.4 is 5.73 Å². The van der Waals surface area contributed by atoms with Crippen LogP contribution >= 0.6 is 0 Å². The van der Waals surface area contributed by atoms with E-state index in [-0.39, 0.29) is 6.29 Å². The van der Waals surface area contributed by atoms with Gasteiger partial charge in [0.1, 0.15) is 0 Å². The van der Waals surface area contributed by atoms with Gasteiger partial charge in [-0.25, -0.2) is 0 Å². The molecule has 0 aromatic carbocycles. The maximum Gasteiger partial charge on any atom is 0.157 e. The normalized spacial score (nSPS) is 22.0. The third-order valence-electron chi connectivity index (χ3n) is 3.60. The van der Waals surface area contributed by atoms with Crippen LogP contribution in [-0.4, -0.2) is 25.5 Å². The Labute approximate surface area is 112 Å². The molecule has 108 valence electrons. The molecular formula is C15H31NO2. The number of ether oxygens (including phenoxy) is 2. The van der Waals surface area contributed by atoms with E-state index in [4.69, 9.17) is 15.2 Å². The highest BCUT2D eigenvalue weighted by Gasteiger charge is 2.19. The van der Waals surface area contributed by atoms with Crippen molar-refractivity contribution in [3.8, 4) is 0 Å². The number of unbranched alkanes of at least 4 members (excludes halogenated alkanes) is 4. The summed E-state index contributed by atoms with van der Waals surface area (Å²) in [4.78, 5) is 0. The van der Waals surface area contributed by atoms with E-state index < -0.39 is 0 Å². The molecule has 1 rings (SSSR count). The summed E-state index contributed by atoms with van der Waals surface area (Å²) in [6, 6.07) is 0. The van der Waals surface area contributed by atoms with Crippen molar-refractivity contribution in [2.45, 2.75) is 83.5 Å². The largest absolute Gasteiger partial charge is 0.353 e. The first kappa shape index (κ1) is 15.9. The van der Waals surface area contributed by atoms with E-state index in [2.05, 4.69) is 6.92 Å². The van der Waals surface area contributed by atoms with Gasteiger partial charge in [0.25, 0.3) is 0 Å². The lowest BCUT2D eigenvalue weighted by atomic mass is 10.1. The molecule has 0 bridgehead atoms. The number of hydrogen-bond donors (Lipinski definition) is 1. The second kappa shape index (κ2) is 10.8. The highest BCUT2D eigenvalue weighted by Crippen LogP contribution is 2.19. The monoisotopic (exact) mass is 257 g/mol. The van der Waals surface area contributed by atoms with Crippen LogP contribution in [0.2, 0.25) is 0 Å². The van der Waals surface area contributed by atoms with Crippen LogP contribution in [-0.2, 0) is 9.47 Å². The Morgan fingerprint density at radius 2 is 2.00 bits per heavy atom. The quantitative estimate of drug-likeness (QED) is 0.608. The van der Waals surface area contributed by atoms with Crippen molar-refractivity contribution in [3.05, 3.63) is 0 Å². The van der Waals surface area contributed by atoms with Gasteiger partial charge < -0.3 is 15.2 Å². The first-order valence-electron chi connectivity index (χ1n) is 7.84. The summed E-state index contributed by atoms with van der Waals surface area (Å²) in [5.41, 5.74) is 5.67. The molecule has 0 aromatic rings. The smallest absolute Gasteiger partial charge is 0.157 e. The van der Waals surface area contributed by atoms with Gasteiger partial charge in [0.05, 0.1) is 6.10 Å². The van der Waals surface area contributed by atoms with Gasteiger partial charge in [-0.2, -0.15) is 0 Å². The topological polar surface area (TPSA) is 44.5 Å². The fourth-order valence-electron chi connectivity index (χ4n) is 2.48. The number of rotatable bonds is 10. The molecule has 3 nitrogen and oxygen atoms in total. The summed E-state index contributed by atoms with van der Waals surface area (Å²) < 4.78 is 11.7. The van der Waals surface area contributed by atoms with E-state index in [0.29, 0.717) is 12.6 Å². The zero-order valence-electron chi connectivity index (χ0n) is 12.0. The summed E-state index contributed by atoms with van der Waals surface area (Å²) in [6.07, 6.45) is 12.5. The molecule has 1 aliphatic heterocycles. The lowest BCUT2D eigenvalue weighted by Gasteiger charge is -2.27. The van der Waals surface area contributed by atoms with Crippen LogP contribution in [0, 0.1) is 0 Å². The van der Waals surface area contributed by atoms with Crippen LogP contribution in [0.3, 0.4) is 0 Å². The molecule has 1 fully saturated rings. The first-order chi connectivity index (χ1) is 8.86. The Balaban J connectivity index is 2.12. The van der Waals surface area contributed by atoms with Crippen molar-refractivity contribution in [2.24, 2.45) is 5.73 Å². The Bertz CT molecular complexity index is 181. The number of nitrogens with two attached hydrogens (primary N) is 1. The van der Waals surface area contributed by atoms with Crippen molar-refractivity contribution in [2.75, 3.05) is 13.2 Å². The van der Waals surface area contributed by atoms with Crippen LogP contribution in [0.15, 0.2) is 0 Å². The maximum absolute atomic E-state index is 6.04. The summed E-state index contributed by atoms with van der Waals surface area (Å²) in [5.74, 6) is 0. The Kier molecular flexibility index (Phi) is 9.54. The van der Waals surface area contributed by atoms with Crippen molar-refractivity contribution < 1.29 is 9.47 Å². The fraction of sp³-hybridized carbons (Fsp3) is 1.00. The van der Waals surface area contributed by atoms with E-state index in [1.165, 1.54) is 44.9 Å². The highest BCUT2D eigenvalue weighted by atomic mass is 16.7. The standard InChI is InChI=1S/C15H31NO2/c1-2-3-4-5-6-9-14(11-12-16)18-15-10-7-8-13-17-15/h14-15H,2-13,16H2,1H3. The van der Waals surface area contributed by atoms with Gasteiger partial charge >= 0.3 is 0 Å². The van der Waals surface area contributed by atoms with Gasteiger partial charge in [-0.15, -0.1) is 0 Å². The Morgan fingerprint density at radius 3 is 2.67 bits per heavy atom. The first-order valence-corrected chi connectivity index (χ1v) is 7.84. The zero-order valence-corrected chi connectivity index (χ0v) is 12.0. The molecule has 2 atom stereocenters. The molecule has 2 unspecified atom stereocenters. The molecule has 2 N–H and O–H groups in total. The summed E-state index contributed by atoms with van der Waals surface area (Å²) >= 11 is 0. The van der Waals surface area contributed by atoms with Crippen molar-refractivity contribution in [1.29, 1.82) is 0 Å². The third-order valence-corrected chi connectivity index (χ3v) is 3.60. The number of hydrogen-bond acceptors (Lipinski definition) is 3. The van der Waals surface area contributed by atoms with E-state index >= 15 is 0 Å². The average molecular weight is 257 g/mol. The molecule has 1 aliphatic rings. The minimum atomic E-state index is 0.0333. The van der Waals surface area contributed by atoms with E-state index in [1.54, 1.807) is 0 Å². The highest BCUT2D eigenvalue weighted by molar-refractivity contribution is 4.63. The Morgan fingerprint density at radius 1 is 1.17 bits per heavy atom. The van der Waals surface area contributed by atoms with Gasteiger partial charge in [0.15, 0.2) is 6.29 Å². The van der Waals surface area contributed by atoms with Crippen molar-refractivity contribution in [1.82, 2.24) is 0 Å². The van der Waals surface area contributed by atoms with E-state index in [0.717, 1.165) is 25.9 Å². The molecule has 1 heterocycles. The molecule has 18 heavy (non-hydrogen) atoms. The molecular weight excluding hydrogens is 226 g/mol. The maximum atomic E-state index is 6.04. The van der Waals surface area contributed by atoms with Gasteiger partial charge in [-0.1, -0.05) is 39.0 Å². The van der Waals surface area contributed by atoms with Crippen molar-refractivity contribution in [3.63, 3.8) is 0 Å². The van der Waals surface area contributed by atoms with Crippen LogP contribution in [0.4, 0.5) is 0 Å². The van der Waals surface area contributed by atoms with Gasteiger partial charge in [-0.05, 0) is 38.6 Å². The molecule has 0 radical (unpaired) electrons. The van der Waals surface area contributed by atoms with Crippen LogP contribution in [0.25, 0.3) is 0 Å². The predicted octanol–water partition coefficient (Wildman–Crippen LogP) is 3.61. The van der Waals surface area contributed by atoms with Crippen LogP contribution in [0.5, 0.6) is 0 Å². The van der Waals surface area contributed by atoms with E-state index in [9.17, 15) is 0 Å². The van der Waals surface area contributed by atoms with Gasteiger partial charge in [0.2, 0.25) is 0 Å². The second-order valence-corrected chi connectivity index (χ2v) is 5.33. The molecule has 0 saturated carbocycles. The van der Waals surface area contributed by atoms with E-state index in [1.807, 2.05) is 0 Å². The lowest BCUT2D eigenvalue weighted by Crippen LogP contribution is -2.29.